The van der Waals surface area contributed by atoms with Gasteiger partial charge in [0.15, 0.2) is 0 Å². The maximum Gasteiger partial charge on any atom is 0.254 e. The summed E-state index contributed by atoms with van der Waals surface area (Å²) >= 11 is 0. The summed E-state index contributed by atoms with van der Waals surface area (Å²) in [4.78, 5) is 13.3. The Balaban J connectivity index is 2.39. The monoisotopic (exact) mass is 230 g/mol. The van der Waals surface area contributed by atoms with Crippen LogP contribution in [0.15, 0.2) is 18.2 Å². The number of amides is 1. The molecule has 0 spiro atoms. The molecule has 0 N–H and O–H groups in total. The number of aryl methyl sites for hydroxylation is 2. The minimum absolute atomic E-state index is 0.0467. The van der Waals surface area contributed by atoms with Gasteiger partial charge < -0.3 is 4.74 Å². The zero-order valence-electron chi connectivity index (χ0n) is 9.93. The van der Waals surface area contributed by atoms with Crippen molar-refractivity contribution in [2.75, 3.05) is 18.1 Å². The summed E-state index contributed by atoms with van der Waals surface area (Å²) in [6.45, 7) is 4.33. The van der Waals surface area contributed by atoms with Crippen LogP contribution in [0.25, 0.3) is 0 Å². The molecule has 1 aromatic carbocycles. The summed E-state index contributed by atoms with van der Waals surface area (Å²) in [5.74, 6) is -0.161. The van der Waals surface area contributed by atoms with Crippen LogP contribution in [0.1, 0.15) is 11.1 Å². The van der Waals surface area contributed by atoms with Gasteiger partial charge in [-0.15, -0.1) is 0 Å². The van der Waals surface area contributed by atoms with Gasteiger partial charge in [0.1, 0.15) is 12.6 Å². The van der Waals surface area contributed by atoms with Gasteiger partial charge in [0, 0.05) is 5.69 Å². The maximum absolute atomic E-state index is 11.8. The molecule has 4 nitrogen and oxygen atoms in total. The summed E-state index contributed by atoms with van der Waals surface area (Å²) in [7, 11) is 0. The molecule has 0 bridgehead atoms. The number of carbonyl (C=O) groups excluding carboxylic acids is 1. The van der Waals surface area contributed by atoms with E-state index in [1.807, 2.05) is 32.0 Å². The topological polar surface area (TPSA) is 53.3 Å². The summed E-state index contributed by atoms with van der Waals surface area (Å²) in [5, 5.41) is 9.04. The van der Waals surface area contributed by atoms with E-state index in [9.17, 15) is 4.79 Å². The lowest BCUT2D eigenvalue weighted by Crippen LogP contribution is -2.49. The van der Waals surface area contributed by atoms with Crippen molar-refractivity contribution in [3.63, 3.8) is 0 Å². The predicted molar refractivity (Wildman–Crippen MR) is 63.6 cm³/mol. The van der Waals surface area contributed by atoms with Crippen molar-refractivity contribution in [1.29, 1.82) is 5.26 Å². The van der Waals surface area contributed by atoms with Crippen LogP contribution in [0.4, 0.5) is 5.69 Å². The Morgan fingerprint density at radius 1 is 1.41 bits per heavy atom. The lowest BCUT2D eigenvalue weighted by atomic mass is 10.1. The van der Waals surface area contributed by atoms with Crippen molar-refractivity contribution in [2.24, 2.45) is 0 Å². The second-order valence-corrected chi connectivity index (χ2v) is 4.19. The number of rotatable bonds is 1. The Hall–Kier alpha value is -1.86. The number of nitrogens with zero attached hydrogens (tertiary/aromatic N) is 2. The van der Waals surface area contributed by atoms with E-state index in [0.29, 0.717) is 0 Å². The average molecular weight is 230 g/mol. The Morgan fingerprint density at radius 3 is 2.82 bits per heavy atom. The first-order valence-corrected chi connectivity index (χ1v) is 5.50. The van der Waals surface area contributed by atoms with Crippen molar-refractivity contribution in [2.45, 2.75) is 19.9 Å². The van der Waals surface area contributed by atoms with Crippen molar-refractivity contribution in [1.82, 2.24) is 0 Å². The molecule has 0 radical (unpaired) electrons. The highest BCUT2D eigenvalue weighted by atomic mass is 16.5. The molecule has 1 aromatic rings. The molecule has 1 unspecified atom stereocenters. The van der Waals surface area contributed by atoms with Gasteiger partial charge >= 0.3 is 0 Å². The third-order valence-corrected chi connectivity index (χ3v) is 3.00. The molecule has 88 valence electrons. The van der Waals surface area contributed by atoms with E-state index in [1.54, 1.807) is 0 Å². The third kappa shape index (κ3) is 2.15. The van der Waals surface area contributed by atoms with Gasteiger partial charge in [0.2, 0.25) is 0 Å². The average Bonchev–Trinajstić information content (AvgIpc) is 2.32. The van der Waals surface area contributed by atoms with Crippen LogP contribution in [0.5, 0.6) is 0 Å². The number of hydrogen-bond acceptors (Lipinski definition) is 3. The van der Waals surface area contributed by atoms with Crippen LogP contribution in [-0.2, 0) is 9.53 Å². The number of carbonyl (C=O) groups is 1. The first kappa shape index (κ1) is 11.6. The Labute approximate surface area is 100 Å². The zero-order valence-corrected chi connectivity index (χ0v) is 9.93. The number of morpholine rings is 1. The summed E-state index contributed by atoms with van der Waals surface area (Å²) < 4.78 is 5.08. The lowest BCUT2D eigenvalue weighted by molar-refractivity contribution is -0.126. The van der Waals surface area contributed by atoms with Crippen LogP contribution < -0.4 is 4.90 Å². The molecule has 17 heavy (non-hydrogen) atoms. The minimum Gasteiger partial charge on any atom is -0.368 e. The number of benzene rings is 1. The van der Waals surface area contributed by atoms with E-state index in [1.165, 1.54) is 10.5 Å². The maximum atomic E-state index is 11.8. The number of anilines is 1. The van der Waals surface area contributed by atoms with Crippen molar-refractivity contribution < 1.29 is 9.53 Å². The standard InChI is InChI=1S/C13H14N2O2/c1-9-3-4-11(5-10(9)2)15-12(6-14)7-17-8-13(15)16/h3-5,12H,7-8H2,1-2H3. The van der Waals surface area contributed by atoms with E-state index < -0.39 is 6.04 Å². The quantitative estimate of drug-likeness (QED) is 0.735. The lowest BCUT2D eigenvalue weighted by Gasteiger charge is -2.31. The van der Waals surface area contributed by atoms with Crippen LogP contribution in [0.3, 0.4) is 0 Å². The Kier molecular flexibility index (Phi) is 3.12. The van der Waals surface area contributed by atoms with Gasteiger partial charge in [-0.05, 0) is 37.1 Å². The molecule has 0 saturated carbocycles. The Bertz CT molecular complexity index is 491. The van der Waals surface area contributed by atoms with E-state index >= 15 is 0 Å². The molecule has 1 atom stereocenters. The second kappa shape index (κ2) is 4.56. The second-order valence-electron chi connectivity index (χ2n) is 4.19. The van der Waals surface area contributed by atoms with Gasteiger partial charge in [-0.2, -0.15) is 5.26 Å². The summed E-state index contributed by atoms with van der Waals surface area (Å²) in [6, 6.07) is 7.33. The molecule has 1 aliphatic rings. The van der Waals surface area contributed by atoms with E-state index in [0.717, 1.165) is 11.3 Å². The molecule has 4 heteroatoms. The van der Waals surface area contributed by atoms with E-state index in [2.05, 4.69) is 6.07 Å². The van der Waals surface area contributed by atoms with Gasteiger partial charge in [-0.1, -0.05) is 6.07 Å². The molecule has 1 amide bonds. The fourth-order valence-electron chi connectivity index (χ4n) is 1.87. The van der Waals surface area contributed by atoms with E-state index in [4.69, 9.17) is 10.00 Å². The third-order valence-electron chi connectivity index (χ3n) is 3.00. The molecule has 1 fully saturated rings. The Morgan fingerprint density at radius 2 is 2.18 bits per heavy atom. The number of ether oxygens (including phenoxy) is 1. The van der Waals surface area contributed by atoms with Crippen molar-refractivity contribution in [3.8, 4) is 6.07 Å². The van der Waals surface area contributed by atoms with Crippen molar-refractivity contribution >= 4 is 11.6 Å². The van der Waals surface area contributed by atoms with Crippen LogP contribution in [-0.4, -0.2) is 25.2 Å². The molecule has 1 saturated heterocycles. The molecule has 2 rings (SSSR count). The summed E-state index contributed by atoms with van der Waals surface area (Å²) in [6.07, 6.45) is 0. The SMILES string of the molecule is Cc1ccc(N2C(=O)COCC2C#N)cc1C. The smallest absolute Gasteiger partial charge is 0.254 e. The molecule has 0 aliphatic carbocycles. The number of hydrogen-bond donors (Lipinski definition) is 0. The highest BCUT2D eigenvalue weighted by Crippen LogP contribution is 2.23. The zero-order chi connectivity index (χ0) is 12.4. The van der Waals surface area contributed by atoms with Crippen molar-refractivity contribution in [3.05, 3.63) is 29.3 Å². The van der Waals surface area contributed by atoms with Crippen LogP contribution >= 0.6 is 0 Å². The van der Waals surface area contributed by atoms with Crippen LogP contribution in [0.2, 0.25) is 0 Å². The highest BCUT2D eigenvalue weighted by Gasteiger charge is 2.29. The van der Waals surface area contributed by atoms with Gasteiger partial charge in [-0.3, -0.25) is 9.69 Å². The van der Waals surface area contributed by atoms with Gasteiger partial charge in [0.05, 0.1) is 12.7 Å². The fraction of sp³-hybridized carbons (Fsp3) is 0.385. The first-order chi connectivity index (χ1) is 8.13. The largest absolute Gasteiger partial charge is 0.368 e. The van der Waals surface area contributed by atoms with Gasteiger partial charge in [0.25, 0.3) is 5.91 Å². The number of nitriles is 1. The summed E-state index contributed by atoms with van der Waals surface area (Å²) in [5.41, 5.74) is 3.05. The molecular formula is C13H14N2O2. The molecule has 1 heterocycles. The first-order valence-electron chi connectivity index (χ1n) is 5.50. The predicted octanol–water partition coefficient (Wildman–Crippen LogP) is 1.56. The molecule has 1 aliphatic heterocycles. The molecular weight excluding hydrogens is 216 g/mol. The normalized spacial score (nSPS) is 20.2. The van der Waals surface area contributed by atoms with Crippen LogP contribution in [0, 0.1) is 25.2 Å². The highest BCUT2D eigenvalue weighted by molar-refractivity contribution is 5.96. The molecule has 0 aromatic heterocycles. The minimum atomic E-state index is -0.529. The fourth-order valence-corrected chi connectivity index (χ4v) is 1.87. The van der Waals surface area contributed by atoms with E-state index in [-0.39, 0.29) is 19.1 Å². The van der Waals surface area contributed by atoms with Gasteiger partial charge in [-0.25, -0.2) is 0 Å².